The fourth-order valence-corrected chi connectivity index (χ4v) is 1.66. The molecular weight excluding hydrogens is 280 g/mol. The molecule has 112 valence electrons. The lowest BCUT2D eigenvalue weighted by Gasteiger charge is -2.23. The number of non-ortho nitro benzene ring substituents is 1. The van der Waals surface area contributed by atoms with Crippen LogP contribution in [0.2, 0.25) is 0 Å². The molecule has 1 aromatic carbocycles. The Labute approximate surface area is 119 Å². The highest BCUT2D eigenvalue weighted by molar-refractivity contribution is 6.03. The van der Waals surface area contributed by atoms with Crippen molar-refractivity contribution in [1.82, 2.24) is 10.3 Å². The van der Waals surface area contributed by atoms with Gasteiger partial charge in [0.15, 0.2) is 5.52 Å². The van der Waals surface area contributed by atoms with E-state index in [1.807, 2.05) is 21.1 Å². The second kappa shape index (κ2) is 5.44. The van der Waals surface area contributed by atoms with Gasteiger partial charge in [0.05, 0.1) is 31.6 Å². The first kappa shape index (κ1) is 14.9. The molecule has 0 unspecified atom stereocenters. The van der Waals surface area contributed by atoms with E-state index in [9.17, 15) is 14.9 Å². The van der Waals surface area contributed by atoms with Crippen LogP contribution in [0.3, 0.4) is 0 Å². The minimum Gasteiger partial charge on any atom is -0.456 e. The average molecular weight is 295 g/mol. The number of esters is 1. The summed E-state index contributed by atoms with van der Waals surface area (Å²) in [6.45, 7) is 0.866. The Hall–Kier alpha value is -2.55. The number of nitro benzene ring substituents is 1. The zero-order valence-electron chi connectivity index (χ0n) is 11.9. The number of carbonyl (C=O) groups excluding carboxylic acids is 1. The molecule has 2 rings (SSSR count). The SMILES string of the molecule is C[N+](C)(C)CCOC(=O)c1ccc([N+](=O)[O-])c2nonc12. The molecule has 0 aliphatic heterocycles. The summed E-state index contributed by atoms with van der Waals surface area (Å²) in [5, 5.41) is 17.9. The summed E-state index contributed by atoms with van der Waals surface area (Å²) in [5.41, 5.74) is -0.215. The summed E-state index contributed by atoms with van der Waals surface area (Å²) in [7, 11) is 5.92. The molecule has 0 fully saturated rings. The average Bonchev–Trinajstić information content (AvgIpc) is 2.84. The van der Waals surface area contributed by atoms with Gasteiger partial charge in [0.1, 0.15) is 13.2 Å². The fraction of sp³-hybridized carbons (Fsp3) is 0.417. The summed E-state index contributed by atoms with van der Waals surface area (Å²) in [4.78, 5) is 22.3. The number of fused-ring (bicyclic) bond motifs is 1. The van der Waals surface area contributed by atoms with Gasteiger partial charge in [-0.3, -0.25) is 10.1 Å². The maximum atomic E-state index is 12.0. The van der Waals surface area contributed by atoms with E-state index in [1.165, 1.54) is 12.1 Å². The molecule has 0 bridgehead atoms. The van der Waals surface area contributed by atoms with E-state index in [4.69, 9.17) is 4.74 Å². The Morgan fingerprint density at radius 3 is 2.62 bits per heavy atom. The molecule has 21 heavy (non-hydrogen) atoms. The van der Waals surface area contributed by atoms with Gasteiger partial charge in [-0.15, -0.1) is 0 Å². The molecule has 0 spiro atoms. The number of nitrogens with zero attached hydrogens (tertiary/aromatic N) is 4. The quantitative estimate of drug-likeness (QED) is 0.350. The van der Waals surface area contributed by atoms with E-state index < -0.39 is 10.9 Å². The first-order chi connectivity index (χ1) is 9.79. The molecule has 0 N–H and O–H groups in total. The third-order valence-corrected chi connectivity index (χ3v) is 2.81. The Morgan fingerprint density at radius 2 is 2.00 bits per heavy atom. The number of hydrogen-bond acceptors (Lipinski definition) is 7. The van der Waals surface area contributed by atoms with Gasteiger partial charge in [-0.1, -0.05) is 0 Å². The highest BCUT2D eigenvalue weighted by Crippen LogP contribution is 2.25. The number of ether oxygens (including phenoxy) is 1. The van der Waals surface area contributed by atoms with Crippen molar-refractivity contribution in [2.75, 3.05) is 34.3 Å². The van der Waals surface area contributed by atoms with Crippen molar-refractivity contribution in [2.45, 2.75) is 0 Å². The Kier molecular flexibility index (Phi) is 3.85. The predicted molar refractivity (Wildman–Crippen MR) is 71.6 cm³/mol. The van der Waals surface area contributed by atoms with Crippen LogP contribution in [0.25, 0.3) is 11.0 Å². The first-order valence-corrected chi connectivity index (χ1v) is 6.17. The molecule has 0 aliphatic carbocycles. The van der Waals surface area contributed by atoms with Gasteiger partial charge in [-0.2, -0.15) is 0 Å². The van der Waals surface area contributed by atoms with Crippen LogP contribution < -0.4 is 0 Å². The van der Waals surface area contributed by atoms with Crippen molar-refractivity contribution in [2.24, 2.45) is 0 Å². The van der Waals surface area contributed by atoms with Crippen LogP contribution >= 0.6 is 0 Å². The van der Waals surface area contributed by atoms with Crippen molar-refractivity contribution in [3.8, 4) is 0 Å². The molecule has 1 aromatic heterocycles. The molecule has 0 radical (unpaired) electrons. The van der Waals surface area contributed by atoms with E-state index in [1.54, 1.807) is 0 Å². The second-order valence-corrected chi connectivity index (χ2v) is 5.50. The van der Waals surface area contributed by atoms with Gasteiger partial charge in [-0.05, 0) is 16.4 Å². The molecule has 0 amide bonds. The Balaban J connectivity index is 2.23. The van der Waals surface area contributed by atoms with Crippen LogP contribution in [0.4, 0.5) is 5.69 Å². The lowest BCUT2D eigenvalue weighted by molar-refractivity contribution is -0.870. The number of aromatic nitrogens is 2. The number of nitro groups is 1. The van der Waals surface area contributed by atoms with Crippen LogP contribution in [-0.2, 0) is 4.74 Å². The normalized spacial score (nSPS) is 11.6. The van der Waals surface area contributed by atoms with Crippen molar-refractivity contribution < 1.29 is 23.6 Å². The van der Waals surface area contributed by atoms with Crippen molar-refractivity contribution >= 4 is 22.7 Å². The van der Waals surface area contributed by atoms with Crippen LogP contribution in [0.1, 0.15) is 10.4 Å². The van der Waals surface area contributed by atoms with Crippen molar-refractivity contribution in [3.63, 3.8) is 0 Å². The van der Waals surface area contributed by atoms with Gasteiger partial charge in [0, 0.05) is 6.07 Å². The third-order valence-electron chi connectivity index (χ3n) is 2.81. The minimum absolute atomic E-state index is 0.0273. The van der Waals surface area contributed by atoms with E-state index in [0.29, 0.717) is 11.0 Å². The highest BCUT2D eigenvalue weighted by atomic mass is 16.6. The molecule has 1 heterocycles. The Bertz CT molecular complexity index is 689. The number of rotatable bonds is 5. The van der Waals surface area contributed by atoms with Gasteiger partial charge in [0.2, 0.25) is 5.52 Å². The van der Waals surface area contributed by atoms with E-state index in [0.717, 1.165) is 0 Å². The second-order valence-electron chi connectivity index (χ2n) is 5.50. The van der Waals surface area contributed by atoms with Crippen LogP contribution in [0.5, 0.6) is 0 Å². The highest BCUT2D eigenvalue weighted by Gasteiger charge is 2.23. The maximum Gasteiger partial charge on any atom is 0.340 e. The molecule has 0 aliphatic rings. The van der Waals surface area contributed by atoms with E-state index in [2.05, 4.69) is 14.9 Å². The summed E-state index contributed by atoms with van der Waals surface area (Å²) >= 11 is 0. The largest absolute Gasteiger partial charge is 0.456 e. The van der Waals surface area contributed by atoms with Gasteiger partial charge in [0.25, 0.3) is 0 Å². The van der Waals surface area contributed by atoms with Gasteiger partial charge >= 0.3 is 11.7 Å². The van der Waals surface area contributed by atoms with E-state index in [-0.39, 0.29) is 28.9 Å². The number of benzene rings is 1. The van der Waals surface area contributed by atoms with Crippen molar-refractivity contribution in [1.29, 1.82) is 0 Å². The number of likely N-dealkylation sites (N-methyl/N-ethyl adjacent to an activating group) is 1. The van der Waals surface area contributed by atoms with Crippen molar-refractivity contribution in [3.05, 3.63) is 27.8 Å². The number of quaternary nitrogens is 1. The fourth-order valence-electron chi connectivity index (χ4n) is 1.66. The van der Waals surface area contributed by atoms with Gasteiger partial charge < -0.3 is 9.22 Å². The summed E-state index contributed by atoms with van der Waals surface area (Å²) in [6.07, 6.45) is 0. The van der Waals surface area contributed by atoms with Crippen LogP contribution in [0.15, 0.2) is 16.8 Å². The molecular formula is C12H15N4O5+. The van der Waals surface area contributed by atoms with Crippen LogP contribution in [-0.4, -0.2) is 60.0 Å². The summed E-state index contributed by atoms with van der Waals surface area (Å²) in [5.74, 6) is -0.612. The minimum atomic E-state index is -0.612. The van der Waals surface area contributed by atoms with E-state index >= 15 is 0 Å². The monoisotopic (exact) mass is 295 g/mol. The molecule has 9 nitrogen and oxygen atoms in total. The predicted octanol–water partition coefficient (Wildman–Crippen LogP) is 0.994. The molecule has 9 heteroatoms. The molecule has 0 saturated heterocycles. The van der Waals surface area contributed by atoms with Gasteiger partial charge in [-0.25, -0.2) is 9.42 Å². The molecule has 2 aromatic rings. The van der Waals surface area contributed by atoms with Crippen LogP contribution in [0, 0.1) is 10.1 Å². The third kappa shape index (κ3) is 3.31. The molecule has 0 atom stereocenters. The smallest absolute Gasteiger partial charge is 0.340 e. The summed E-state index contributed by atoms with van der Waals surface area (Å²) < 4.78 is 10.3. The standard InChI is InChI=1S/C12H15N4O5/c1-16(2,3)6-7-20-12(17)8-4-5-9(15(18)19)11-10(8)13-21-14-11/h4-5H,6-7H2,1-3H3/q+1. The molecule has 0 saturated carbocycles. The topological polar surface area (TPSA) is 108 Å². The maximum absolute atomic E-state index is 12.0. The lowest BCUT2D eigenvalue weighted by atomic mass is 10.1. The zero-order chi connectivity index (χ0) is 15.6. The number of hydrogen-bond donors (Lipinski definition) is 0. The lowest BCUT2D eigenvalue weighted by Crippen LogP contribution is -2.38. The zero-order valence-corrected chi connectivity index (χ0v) is 11.9. The first-order valence-electron chi connectivity index (χ1n) is 6.17. The number of carbonyl (C=O) groups is 1. The summed E-state index contributed by atoms with van der Waals surface area (Å²) in [6, 6.07) is 2.47. The Morgan fingerprint density at radius 1 is 1.33 bits per heavy atom.